The highest BCUT2D eigenvalue weighted by Crippen LogP contribution is 2.33. The zero-order chi connectivity index (χ0) is 14.3. The van der Waals surface area contributed by atoms with E-state index in [9.17, 15) is 4.79 Å². The topological polar surface area (TPSA) is 46.0 Å². The van der Waals surface area contributed by atoms with Gasteiger partial charge in [0.15, 0.2) is 5.58 Å². The van der Waals surface area contributed by atoms with Gasteiger partial charge in [-0.2, -0.15) is 0 Å². The second kappa shape index (κ2) is 5.00. The SMILES string of the molecule is Cc1ccc(Cl)cc1C(Cl)c1ccc2[nH]c(=O)oc2c1. The van der Waals surface area contributed by atoms with Crippen LogP contribution in [0.4, 0.5) is 0 Å². The van der Waals surface area contributed by atoms with E-state index in [0.717, 1.165) is 16.7 Å². The van der Waals surface area contributed by atoms with Gasteiger partial charge in [0.05, 0.1) is 10.9 Å². The lowest BCUT2D eigenvalue weighted by atomic mass is 10.00. The number of halogens is 2. The normalized spacial score (nSPS) is 12.8. The van der Waals surface area contributed by atoms with Gasteiger partial charge >= 0.3 is 5.76 Å². The minimum atomic E-state index is -0.470. The highest BCUT2D eigenvalue weighted by atomic mass is 35.5. The predicted octanol–water partition coefficient (Wildman–Crippen LogP) is 4.41. The van der Waals surface area contributed by atoms with E-state index >= 15 is 0 Å². The Balaban J connectivity index is 2.09. The molecule has 1 unspecified atom stereocenters. The molecule has 1 N–H and O–H groups in total. The third kappa shape index (κ3) is 2.35. The van der Waals surface area contributed by atoms with Crippen LogP contribution in [-0.4, -0.2) is 4.98 Å². The van der Waals surface area contributed by atoms with Crippen molar-refractivity contribution in [2.24, 2.45) is 0 Å². The number of nitrogens with one attached hydrogen (secondary N) is 1. The monoisotopic (exact) mass is 307 g/mol. The van der Waals surface area contributed by atoms with Crippen molar-refractivity contribution in [3.05, 3.63) is 68.7 Å². The second-order valence-electron chi connectivity index (χ2n) is 4.63. The second-order valence-corrected chi connectivity index (χ2v) is 5.51. The van der Waals surface area contributed by atoms with E-state index in [4.69, 9.17) is 27.6 Å². The lowest BCUT2D eigenvalue weighted by Gasteiger charge is -2.13. The van der Waals surface area contributed by atoms with E-state index in [1.807, 2.05) is 31.2 Å². The quantitative estimate of drug-likeness (QED) is 0.713. The van der Waals surface area contributed by atoms with Crippen LogP contribution in [0.3, 0.4) is 0 Å². The van der Waals surface area contributed by atoms with Gasteiger partial charge in [0.1, 0.15) is 0 Å². The van der Waals surface area contributed by atoms with Crippen LogP contribution in [0.2, 0.25) is 5.02 Å². The summed E-state index contributed by atoms with van der Waals surface area (Å²) in [4.78, 5) is 13.8. The van der Waals surface area contributed by atoms with E-state index in [-0.39, 0.29) is 5.38 Å². The number of hydrogen-bond donors (Lipinski definition) is 1. The van der Waals surface area contributed by atoms with Crippen LogP contribution in [0.15, 0.2) is 45.6 Å². The average molecular weight is 308 g/mol. The van der Waals surface area contributed by atoms with E-state index in [0.29, 0.717) is 16.1 Å². The van der Waals surface area contributed by atoms with E-state index < -0.39 is 5.76 Å². The van der Waals surface area contributed by atoms with Gasteiger partial charge in [0.2, 0.25) is 0 Å². The van der Waals surface area contributed by atoms with Gasteiger partial charge in [-0.05, 0) is 47.9 Å². The molecule has 5 heteroatoms. The maximum atomic E-state index is 11.2. The third-order valence-corrected chi connectivity index (χ3v) is 3.97. The molecule has 0 aliphatic carbocycles. The molecule has 0 aliphatic heterocycles. The van der Waals surface area contributed by atoms with Crippen molar-refractivity contribution in [3.63, 3.8) is 0 Å². The van der Waals surface area contributed by atoms with Crippen molar-refractivity contribution in [2.75, 3.05) is 0 Å². The number of fused-ring (bicyclic) bond motifs is 1. The Morgan fingerprint density at radius 2 is 2.00 bits per heavy atom. The number of aryl methyl sites for hydroxylation is 1. The van der Waals surface area contributed by atoms with Crippen molar-refractivity contribution in [1.29, 1.82) is 0 Å². The van der Waals surface area contributed by atoms with Gasteiger partial charge < -0.3 is 4.42 Å². The minimum absolute atomic E-state index is 0.349. The minimum Gasteiger partial charge on any atom is -0.408 e. The molecule has 1 heterocycles. The van der Waals surface area contributed by atoms with Crippen LogP contribution in [0.5, 0.6) is 0 Å². The molecule has 0 bridgehead atoms. The third-order valence-electron chi connectivity index (χ3n) is 3.25. The largest absolute Gasteiger partial charge is 0.417 e. The number of H-pyrrole nitrogens is 1. The lowest BCUT2D eigenvalue weighted by molar-refractivity contribution is 0.555. The number of hydrogen-bond acceptors (Lipinski definition) is 2. The number of benzene rings is 2. The van der Waals surface area contributed by atoms with E-state index in [1.54, 1.807) is 12.1 Å². The number of rotatable bonds is 2. The van der Waals surface area contributed by atoms with Crippen molar-refractivity contribution < 1.29 is 4.42 Å². The van der Waals surface area contributed by atoms with Gasteiger partial charge in [-0.3, -0.25) is 4.98 Å². The molecular weight excluding hydrogens is 297 g/mol. The maximum Gasteiger partial charge on any atom is 0.417 e. The van der Waals surface area contributed by atoms with Gasteiger partial charge in [-0.15, -0.1) is 11.6 Å². The molecule has 0 saturated heterocycles. The number of alkyl halides is 1. The molecule has 2 aromatic carbocycles. The molecule has 1 aromatic heterocycles. The van der Waals surface area contributed by atoms with Crippen LogP contribution in [0, 0.1) is 6.92 Å². The summed E-state index contributed by atoms with van der Waals surface area (Å²) in [5.74, 6) is -0.470. The van der Waals surface area contributed by atoms with Gasteiger partial charge in [-0.1, -0.05) is 23.7 Å². The summed E-state index contributed by atoms with van der Waals surface area (Å²) in [5.41, 5.74) is 4.01. The Kier molecular flexibility index (Phi) is 3.32. The summed E-state index contributed by atoms with van der Waals surface area (Å²) in [6, 6.07) is 11.0. The standard InChI is InChI=1S/C15H11Cl2NO2/c1-8-2-4-10(16)7-11(8)14(17)9-3-5-12-13(6-9)20-15(19)18-12/h2-7,14H,1H3,(H,18,19). The highest BCUT2D eigenvalue weighted by Gasteiger charge is 2.15. The van der Waals surface area contributed by atoms with Crippen LogP contribution in [-0.2, 0) is 0 Å². The number of oxazole rings is 1. The summed E-state index contributed by atoms with van der Waals surface area (Å²) in [7, 11) is 0. The smallest absolute Gasteiger partial charge is 0.408 e. The molecule has 3 rings (SSSR count). The summed E-state index contributed by atoms with van der Waals surface area (Å²) < 4.78 is 5.05. The fourth-order valence-electron chi connectivity index (χ4n) is 2.18. The van der Waals surface area contributed by atoms with Gasteiger partial charge in [0.25, 0.3) is 0 Å². The first-order valence-corrected chi connectivity index (χ1v) is 6.89. The first-order chi connectivity index (χ1) is 9.54. The Labute approximate surface area is 125 Å². The maximum absolute atomic E-state index is 11.2. The Hall–Kier alpha value is -1.71. The molecule has 0 aliphatic rings. The molecule has 3 aromatic rings. The Morgan fingerprint density at radius 3 is 2.80 bits per heavy atom. The summed E-state index contributed by atoms with van der Waals surface area (Å²) >= 11 is 12.6. The first kappa shape index (κ1) is 13.3. The molecule has 0 amide bonds. The first-order valence-electron chi connectivity index (χ1n) is 6.07. The number of aromatic nitrogens is 1. The molecular formula is C15H11Cl2NO2. The molecule has 0 radical (unpaired) electrons. The Morgan fingerprint density at radius 1 is 1.20 bits per heavy atom. The van der Waals surface area contributed by atoms with Gasteiger partial charge in [-0.25, -0.2) is 4.79 Å². The molecule has 102 valence electrons. The Bertz CT molecular complexity index is 835. The summed E-state index contributed by atoms with van der Waals surface area (Å²) in [6.07, 6.45) is 0. The van der Waals surface area contributed by atoms with Gasteiger partial charge in [0, 0.05) is 5.02 Å². The van der Waals surface area contributed by atoms with Crippen molar-refractivity contribution in [2.45, 2.75) is 12.3 Å². The van der Waals surface area contributed by atoms with E-state index in [1.165, 1.54) is 0 Å². The van der Waals surface area contributed by atoms with Crippen LogP contribution < -0.4 is 5.76 Å². The molecule has 0 spiro atoms. The molecule has 0 fully saturated rings. The molecule has 1 atom stereocenters. The van der Waals surface area contributed by atoms with E-state index in [2.05, 4.69) is 4.98 Å². The van der Waals surface area contributed by atoms with Crippen molar-refractivity contribution >= 4 is 34.3 Å². The number of aromatic amines is 1. The van der Waals surface area contributed by atoms with Crippen LogP contribution in [0.25, 0.3) is 11.1 Å². The van der Waals surface area contributed by atoms with Crippen molar-refractivity contribution in [1.82, 2.24) is 4.98 Å². The molecule has 20 heavy (non-hydrogen) atoms. The van der Waals surface area contributed by atoms with Crippen LogP contribution in [0.1, 0.15) is 22.1 Å². The molecule has 0 saturated carbocycles. The zero-order valence-corrected chi connectivity index (χ0v) is 12.1. The molecule has 3 nitrogen and oxygen atoms in total. The highest BCUT2D eigenvalue weighted by molar-refractivity contribution is 6.31. The van der Waals surface area contributed by atoms with Crippen LogP contribution >= 0.6 is 23.2 Å². The fourth-order valence-corrected chi connectivity index (χ4v) is 2.73. The zero-order valence-electron chi connectivity index (χ0n) is 10.6. The average Bonchev–Trinajstić information content (AvgIpc) is 2.79. The lowest BCUT2D eigenvalue weighted by Crippen LogP contribution is -1.96. The van der Waals surface area contributed by atoms with Crippen molar-refractivity contribution in [3.8, 4) is 0 Å². The summed E-state index contributed by atoms with van der Waals surface area (Å²) in [6.45, 7) is 1.98. The fraction of sp³-hybridized carbons (Fsp3) is 0.133. The summed E-state index contributed by atoms with van der Waals surface area (Å²) in [5, 5.41) is 0.295. The predicted molar refractivity (Wildman–Crippen MR) is 80.7 cm³/mol.